The van der Waals surface area contributed by atoms with Crippen LogP contribution in [0.3, 0.4) is 0 Å². The molecule has 0 amide bonds. The highest BCUT2D eigenvalue weighted by Crippen LogP contribution is 2.41. The number of benzene rings is 1. The number of methoxy groups -OCH3 is 1. The van der Waals surface area contributed by atoms with Crippen LogP contribution in [0.15, 0.2) is 24.3 Å². The highest BCUT2D eigenvalue weighted by Gasteiger charge is 2.39. The number of rotatable bonds is 3. The van der Waals surface area contributed by atoms with Crippen LogP contribution in [0, 0.1) is 11.3 Å². The first-order valence-electron chi connectivity index (χ1n) is 8.57. The van der Waals surface area contributed by atoms with Gasteiger partial charge in [-0.05, 0) is 69.3 Å². The van der Waals surface area contributed by atoms with Crippen LogP contribution in [0.4, 0.5) is 0 Å². The molecule has 4 heteroatoms. The SMILES string of the molecule is COc1cccc(C2(C#N)CCC(N3CCCCC3)CC2)c1.Cl. The summed E-state index contributed by atoms with van der Waals surface area (Å²) in [7, 11) is 1.69. The Kier molecular flexibility index (Phi) is 6.33. The molecule has 0 bridgehead atoms. The molecule has 0 spiro atoms. The molecule has 126 valence electrons. The summed E-state index contributed by atoms with van der Waals surface area (Å²) >= 11 is 0. The van der Waals surface area contributed by atoms with Crippen molar-refractivity contribution in [3.8, 4) is 11.8 Å². The number of likely N-dealkylation sites (tertiary alicyclic amines) is 1. The van der Waals surface area contributed by atoms with Crippen LogP contribution in [-0.2, 0) is 5.41 Å². The van der Waals surface area contributed by atoms with Gasteiger partial charge in [0.2, 0.25) is 0 Å². The molecule has 1 aromatic rings. The van der Waals surface area contributed by atoms with E-state index in [4.69, 9.17) is 4.74 Å². The van der Waals surface area contributed by atoms with Crippen molar-refractivity contribution in [1.82, 2.24) is 4.90 Å². The second-order valence-corrected chi connectivity index (χ2v) is 6.75. The zero-order valence-corrected chi connectivity index (χ0v) is 14.8. The maximum absolute atomic E-state index is 9.85. The summed E-state index contributed by atoms with van der Waals surface area (Å²) in [4.78, 5) is 2.66. The van der Waals surface area contributed by atoms with Crippen molar-refractivity contribution in [2.45, 2.75) is 56.4 Å². The van der Waals surface area contributed by atoms with Gasteiger partial charge in [0.05, 0.1) is 18.6 Å². The molecule has 1 aliphatic carbocycles. The first kappa shape index (κ1) is 18.1. The predicted molar refractivity (Wildman–Crippen MR) is 95.2 cm³/mol. The Labute approximate surface area is 146 Å². The minimum absolute atomic E-state index is 0. The molecule has 0 unspecified atom stereocenters. The van der Waals surface area contributed by atoms with E-state index in [-0.39, 0.29) is 17.8 Å². The monoisotopic (exact) mass is 334 g/mol. The Balaban J connectivity index is 0.00000192. The molecular formula is C19H27ClN2O. The fourth-order valence-corrected chi connectivity index (χ4v) is 4.13. The first-order valence-corrected chi connectivity index (χ1v) is 8.57. The largest absolute Gasteiger partial charge is 0.497 e. The fourth-order valence-electron chi connectivity index (χ4n) is 4.13. The third-order valence-electron chi connectivity index (χ3n) is 5.55. The van der Waals surface area contributed by atoms with Crippen molar-refractivity contribution in [2.75, 3.05) is 20.2 Å². The molecule has 1 saturated carbocycles. The molecule has 1 aliphatic heterocycles. The van der Waals surface area contributed by atoms with Crippen LogP contribution in [0.5, 0.6) is 5.75 Å². The number of nitriles is 1. The van der Waals surface area contributed by atoms with Gasteiger partial charge < -0.3 is 9.64 Å². The Morgan fingerprint density at radius 2 is 1.87 bits per heavy atom. The minimum atomic E-state index is -0.319. The highest BCUT2D eigenvalue weighted by atomic mass is 35.5. The van der Waals surface area contributed by atoms with Crippen molar-refractivity contribution in [3.05, 3.63) is 29.8 Å². The van der Waals surface area contributed by atoms with Gasteiger partial charge in [0.15, 0.2) is 0 Å². The van der Waals surface area contributed by atoms with Gasteiger partial charge >= 0.3 is 0 Å². The fraction of sp³-hybridized carbons (Fsp3) is 0.632. The summed E-state index contributed by atoms with van der Waals surface area (Å²) < 4.78 is 5.33. The molecule has 2 fully saturated rings. The van der Waals surface area contributed by atoms with Gasteiger partial charge in [-0.1, -0.05) is 18.6 Å². The summed E-state index contributed by atoms with van der Waals surface area (Å²) in [5.41, 5.74) is 0.812. The van der Waals surface area contributed by atoms with Crippen molar-refractivity contribution in [1.29, 1.82) is 5.26 Å². The summed E-state index contributed by atoms with van der Waals surface area (Å²) in [5, 5.41) is 9.85. The molecule has 0 radical (unpaired) electrons. The Morgan fingerprint density at radius 1 is 1.17 bits per heavy atom. The lowest BCUT2D eigenvalue weighted by Crippen LogP contribution is -2.44. The number of ether oxygens (including phenoxy) is 1. The van der Waals surface area contributed by atoms with Gasteiger partial charge in [-0.2, -0.15) is 5.26 Å². The van der Waals surface area contributed by atoms with E-state index in [1.165, 1.54) is 32.4 Å². The van der Waals surface area contributed by atoms with Crippen molar-refractivity contribution >= 4 is 12.4 Å². The summed E-state index contributed by atoms with van der Waals surface area (Å²) in [6, 6.07) is 11.4. The summed E-state index contributed by atoms with van der Waals surface area (Å²) in [6.07, 6.45) is 8.30. The van der Waals surface area contributed by atoms with Gasteiger partial charge in [0, 0.05) is 6.04 Å². The van der Waals surface area contributed by atoms with Gasteiger partial charge in [-0.15, -0.1) is 12.4 Å². The molecule has 3 nitrogen and oxygen atoms in total. The molecule has 2 aliphatic rings. The van der Waals surface area contributed by atoms with Crippen LogP contribution < -0.4 is 4.74 Å². The van der Waals surface area contributed by atoms with Crippen LogP contribution in [-0.4, -0.2) is 31.1 Å². The zero-order chi connectivity index (χ0) is 15.4. The Hall–Kier alpha value is -1.24. The number of hydrogen-bond acceptors (Lipinski definition) is 3. The number of piperidine rings is 1. The van der Waals surface area contributed by atoms with E-state index in [2.05, 4.69) is 17.0 Å². The molecule has 0 atom stereocenters. The number of hydrogen-bond donors (Lipinski definition) is 0. The summed E-state index contributed by atoms with van der Waals surface area (Å²) in [6.45, 7) is 2.51. The number of nitrogens with zero attached hydrogens (tertiary/aromatic N) is 2. The van der Waals surface area contributed by atoms with Crippen molar-refractivity contribution < 1.29 is 4.74 Å². The standard InChI is InChI=1S/C19H26N2O.ClH/c1-22-18-7-5-6-16(14-18)19(15-20)10-8-17(9-11-19)21-12-3-2-4-13-21;/h5-7,14,17H,2-4,8-13H2,1H3;1H. The van der Waals surface area contributed by atoms with E-state index in [0.29, 0.717) is 6.04 Å². The van der Waals surface area contributed by atoms with Gasteiger partial charge in [-0.25, -0.2) is 0 Å². The van der Waals surface area contributed by atoms with Crippen molar-refractivity contribution in [2.24, 2.45) is 0 Å². The van der Waals surface area contributed by atoms with E-state index < -0.39 is 0 Å². The van der Waals surface area contributed by atoms with E-state index in [1.807, 2.05) is 18.2 Å². The third kappa shape index (κ3) is 3.82. The van der Waals surface area contributed by atoms with Crippen molar-refractivity contribution in [3.63, 3.8) is 0 Å². The van der Waals surface area contributed by atoms with Gasteiger partial charge in [-0.3, -0.25) is 0 Å². The van der Waals surface area contributed by atoms with Crippen LogP contribution in [0.25, 0.3) is 0 Å². The second kappa shape index (κ2) is 8.04. The molecule has 1 saturated heterocycles. The maximum Gasteiger partial charge on any atom is 0.119 e. The third-order valence-corrected chi connectivity index (χ3v) is 5.55. The van der Waals surface area contributed by atoms with Crippen LogP contribution >= 0.6 is 12.4 Å². The number of halogens is 1. The minimum Gasteiger partial charge on any atom is -0.497 e. The molecule has 3 rings (SSSR count). The second-order valence-electron chi connectivity index (χ2n) is 6.75. The first-order chi connectivity index (χ1) is 10.8. The van der Waals surface area contributed by atoms with Gasteiger partial charge in [0.1, 0.15) is 5.75 Å². The van der Waals surface area contributed by atoms with Crippen LogP contribution in [0.2, 0.25) is 0 Å². The van der Waals surface area contributed by atoms with E-state index >= 15 is 0 Å². The molecule has 1 heterocycles. The zero-order valence-electron chi connectivity index (χ0n) is 14.0. The summed E-state index contributed by atoms with van der Waals surface area (Å²) in [5.74, 6) is 0.852. The lowest BCUT2D eigenvalue weighted by Gasteiger charge is -2.42. The Morgan fingerprint density at radius 3 is 2.48 bits per heavy atom. The average molecular weight is 335 g/mol. The molecule has 0 aromatic heterocycles. The quantitative estimate of drug-likeness (QED) is 0.826. The topological polar surface area (TPSA) is 36.3 Å². The Bertz CT molecular complexity index is 541. The molecule has 1 aromatic carbocycles. The van der Waals surface area contributed by atoms with E-state index in [0.717, 1.165) is 37.0 Å². The maximum atomic E-state index is 9.85. The lowest BCUT2D eigenvalue weighted by atomic mass is 9.69. The van der Waals surface area contributed by atoms with E-state index in [9.17, 15) is 5.26 Å². The normalized spacial score (nSPS) is 28.4. The predicted octanol–water partition coefficient (Wildman–Crippen LogP) is 4.31. The highest BCUT2D eigenvalue weighted by molar-refractivity contribution is 5.85. The molecule has 0 N–H and O–H groups in total. The molecular weight excluding hydrogens is 308 g/mol. The van der Waals surface area contributed by atoms with Gasteiger partial charge in [0.25, 0.3) is 0 Å². The van der Waals surface area contributed by atoms with E-state index in [1.54, 1.807) is 7.11 Å². The average Bonchev–Trinajstić information content (AvgIpc) is 2.62. The smallest absolute Gasteiger partial charge is 0.119 e. The molecule has 23 heavy (non-hydrogen) atoms. The lowest BCUT2D eigenvalue weighted by molar-refractivity contribution is 0.115. The van der Waals surface area contributed by atoms with Crippen LogP contribution in [0.1, 0.15) is 50.5 Å².